The van der Waals surface area contributed by atoms with E-state index in [1.807, 2.05) is 12.1 Å². The number of nitrogens with zero attached hydrogens (tertiary/aromatic N) is 2. The number of nitrogens with one attached hydrogen (secondary N) is 2. The van der Waals surface area contributed by atoms with Crippen molar-refractivity contribution in [2.24, 2.45) is 5.92 Å². The van der Waals surface area contributed by atoms with Crippen molar-refractivity contribution >= 4 is 17.5 Å². The molecule has 2 N–H and O–H groups in total. The van der Waals surface area contributed by atoms with Crippen LogP contribution >= 0.6 is 0 Å². The Kier molecular flexibility index (Phi) is 4.71. The van der Waals surface area contributed by atoms with Crippen LogP contribution in [0.15, 0.2) is 18.3 Å². The van der Waals surface area contributed by atoms with Gasteiger partial charge in [0.2, 0.25) is 0 Å². The lowest BCUT2D eigenvalue weighted by Crippen LogP contribution is -2.45. The SMILES string of the molecule is CC1CN(c2ccc(NC(=O)NC(C)C3CC3)cn2)CC(C)O1. The number of ether oxygens (including phenoxy) is 1. The number of morpholine rings is 1. The van der Waals surface area contributed by atoms with Crippen LogP contribution in [0.4, 0.5) is 16.3 Å². The van der Waals surface area contributed by atoms with Gasteiger partial charge in [0, 0.05) is 19.1 Å². The second-order valence-corrected chi connectivity index (χ2v) is 6.79. The third-order valence-electron chi connectivity index (χ3n) is 4.44. The van der Waals surface area contributed by atoms with E-state index in [2.05, 4.69) is 41.3 Å². The molecule has 0 bridgehead atoms. The zero-order chi connectivity index (χ0) is 16.4. The van der Waals surface area contributed by atoms with Crippen molar-refractivity contribution in [1.29, 1.82) is 0 Å². The summed E-state index contributed by atoms with van der Waals surface area (Å²) in [5, 5.41) is 5.82. The van der Waals surface area contributed by atoms with Gasteiger partial charge in [0.1, 0.15) is 5.82 Å². The van der Waals surface area contributed by atoms with Crippen molar-refractivity contribution in [2.45, 2.75) is 51.9 Å². The molecule has 3 rings (SSSR count). The minimum atomic E-state index is -0.160. The topological polar surface area (TPSA) is 66.5 Å². The number of carbonyl (C=O) groups is 1. The Morgan fingerprint density at radius 3 is 2.57 bits per heavy atom. The minimum absolute atomic E-state index is 0.160. The molecule has 2 amide bonds. The lowest BCUT2D eigenvalue weighted by molar-refractivity contribution is -0.00545. The molecule has 1 aromatic rings. The molecule has 6 nitrogen and oxygen atoms in total. The lowest BCUT2D eigenvalue weighted by Gasteiger charge is -2.36. The van der Waals surface area contributed by atoms with Gasteiger partial charge < -0.3 is 20.3 Å². The second-order valence-electron chi connectivity index (χ2n) is 6.79. The van der Waals surface area contributed by atoms with Gasteiger partial charge in [0.25, 0.3) is 0 Å². The molecule has 6 heteroatoms. The highest BCUT2D eigenvalue weighted by molar-refractivity contribution is 5.89. The maximum atomic E-state index is 12.0. The molecule has 1 aliphatic heterocycles. The van der Waals surface area contributed by atoms with E-state index in [4.69, 9.17) is 4.74 Å². The number of aromatic nitrogens is 1. The first-order valence-corrected chi connectivity index (χ1v) is 8.45. The normalized spacial score (nSPS) is 25.8. The van der Waals surface area contributed by atoms with Crippen molar-refractivity contribution in [2.75, 3.05) is 23.3 Å². The summed E-state index contributed by atoms with van der Waals surface area (Å²) in [7, 11) is 0. The summed E-state index contributed by atoms with van der Waals surface area (Å²) in [5.41, 5.74) is 0.712. The van der Waals surface area contributed by atoms with E-state index in [0.29, 0.717) is 11.6 Å². The van der Waals surface area contributed by atoms with Gasteiger partial charge in [-0.2, -0.15) is 0 Å². The zero-order valence-electron chi connectivity index (χ0n) is 14.1. The van der Waals surface area contributed by atoms with E-state index >= 15 is 0 Å². The zero-order valence-corrected chi connectivity index (χ0v) is 14.1. The first kappa shape index (κ1) is 16.1. The summed E-state index contributed by atoms with van der Waals surface area (Å²) in [6, 6.07) is 3.92. The summed E-state index contributed by atoms with van der Waals surface area (Å²) >= 11 is 0. The Labute approximate surface area is 137 Å². The molecule has 1 aromatic heterocycles. The number of urea groups is 1. The van der Waals surface area contributed by atoms with E-state index in [1.54, 1.807) is 6.20 Å². The van der Waals surface area contributed by atoms with E-state index in [-0.39, 0.29) is 24.3 Å². The van der Waals surface area contributed by atoms with E-state index in [9.17, 15) is 4.79 Å². The molecule has 2 heterocycles. The van der Waals surface area contributed by atoms with E-state index in [0.717, 1.165) is 18.9 Å². The molecule has 2 fully saturated rings. The van der Waals surface area contributed by atoms with Crippen LogP contribution in [-0.2, 0) is 4.74 Å². The van der Waals surface area contributed by atoms with E-state index < -0.39 is 0 Å². The third kappa shape index (κ3) is 4.34. The Bertz CT molecular complexity index is 534. The number of pyridine rings is 1. The molecule has 1 saturated heterocycles. The van der Waals surface area contributed by atoms with Crippen LogP contribution in [0, 0.1) is 5.92 Å². The quantitative estimate of drug-likeness (QED) is 0.895. The predicted molar refractivity (Wildman–Crippen MR) is 90.8 cm³/mol. The summed E-state index contributed by atoms with van der Waals surface area (Å²) in [6.07, 6.45) is 4.55. The highest BCUT2D eigenvalue weighted by Gasteiger charge is 2.29. The van der Waals surface area contributed by atoms with Gasteiger partial charge in [-0.1, -0.05) is 0 Å². The Hall–Kier alpha value is -1.82. The largest absolute Gasteiger partial charge is 0.372 e. The van der Waals surface area contributed by atoms with Crippen LogP contribution < -0.4 is 15.5 Å². The van der Waals surface area contributed by atoms with Crippen LogP contribution in [0.2, 0.25) is 0 Å². The third-order valence-corrected chi connectivity index (χ3v) is 4.44. The van der Waals surface area contributed by atoms with Crippen molar-refractivity contribution in [3.05, 3.63) is 18.3 Å². The number of anilines is 2. The maximum absolute atomic E-state index is 12.0. The smallest absolute Gasteiger partial charge is 0.319 e. The maximum Gasteiger partial charge on any atom is 0.319 e. The van der Waals surface area contributed by atoms with Gasteiger partial charge in [-0.3, -0.25) is 0 Å². The van der Waals surface area contributed by atoms with Crippen LogP contribution in [0.1, 0.15) is 33.6 Å². The number of hydrogen-bond acceptors (Lipinski definition) is 4. The average molecular weight is 318 g/mol. The molecule has 0 aromatic carbocycles. The number of amides is 2. The first-order chi connectivity index (χ1) is 11.0. The highest BCUT2D eigenvalue weighted by Crippen LogP contribution is 2.32. The number of rotatable bonds is 4. The summed E-state index contributed by atoms with van der Waals surface area (Å²) < 4.78 is 5.74. The van der Waals surface area contributed by atoms with Crippen LogP contribution in [-0.4, -0.2) is 42.4 Å². The molecule has 0 radical (unpaired) electrons. The Morgan fingerprint density at radius 2 is 2.00 bits per heavy atom. The van der Waals surface area contributed by atoms with Gasteiger partial charge in [-0.05, 0) is 51.7 Å². The summed E-state index contributed by atoms with van der Waals surface area (Å²) in [4.78, 5) is 18.6. The fourth-order valence-electron chi connectivity index (χ4n) is 3.10. The molecule has 1 saturated carbocycles. The summed E-state index contributed by atoms with van der Waals surface area (Å²) in [5.74, 6) is 1.57. The monoisotopic (exact) mass is 318 g/mol. The van der Waals surface area contributed by atoms with Crippen molar-refractivity contribution < 1.29 is 9.53 Å². The van der Waals surface area contributed by atoms with Crippen LogP contribution in [0.25, 0.3) is 0 Å². The van der Waals surface area contributed by atoms with Gasteiger partial charge in [0.05, 0.1) is 24.1 Å². The molecule has 1 aliphatic carbocycles. The van der Waals surface area contributed by atoms with Crippen LogP contribution in [0.3, 0.4) is 0 Å². The van der Waals surface area contributed by atoms with Gasteiger partial charge in [-0.15, -0.1) is 0 Å². The molecule has 3 unspecified atom stereocenters. The Morgan fingerprint density at radius 1 is 1.30 bits per heavy atom. The predicted octanol–water partition coefficient (Wildman–Crippen LogP) is 2.62. The highest BCUT2D eigenvalue weighted by atomic mass is 16.5. The minimum Gasteiger partial charge on any atom is -0.372 e. The average Bonchev–Trinajstić information content (AvgIpc) is 3.31. The Balaban J connectivity index is 1.55. The fourth-order valence-corrected chi connectivity index (χ4v) is 3.10. The second kappa shape index (κ2) is 6.74. The van der Waals surface area contributed by atoms with Crippen molar-refractivity contribution in [1.82, 2.24) is 10.3 Å². The molecular formula is C17H26N4O2. The van der Waals surface area contributed by atoms with E-state index in [1.165, 1.54) is 12.8 Å². The molecule has 23 heavy (non-hydrogen) atoms. The number of carbonyl (C=O) groups excluding carboxylic acids is 1. The molecule has 3 atom stereocenters. The number of hydrogen-bond donors (Lipinski definition) is 2. The van der Waals surface area contributed by atoms with Crippen LogP contribution in [0.5, 0.6) is 0 Å². The summed E-state index contributed by atoms with van der Waals surface area (Å²) in [6.45, 7) is 7.88. The first-order valence-electron chi connectivity index (χ1n) is 8.45. The molecule has 2 aliphatic rings. The van der Waals surface area contributed by atoms with Gasteiger partial charge in [0.15, 0.2) is 0 Å². The van der Waals surface area contributed by atoms with Gasteiger partial charge in [-0.25, -0.2) is 9.78 Å². The van der Waals surface area contributed by atoms with Crippen molar-refractivity contribution in [3.63, 3.8) is 0 Å². The molecular weight excluding hydrogens is 292 g/mol. The lowest BCUT2D eigenvalue weighted by atomic mass is 10.2. The van der Waals surface area contributed by atoms with Crippen molar-refractivity contribution in [3.8, 4) is 0 Å². The van der Waals surface area contributed by atoms with Gasteiger partial charge >= 0.3 is 6.03 Å². The molecule has 0 spiro atoms. The standard InChI is InChI=1S/C17H26N4O2/c1-11-9-21(10-12(2)23-11)16-7-6-15(8-18-16)20-17(22)19-13(3)14-4-5-14/h6-8,11-14H,4-5,9-10H2,1-3H3,(H2,19,20,22). The fraction of sp³-hybridized carbons (Fsp3) is 0.647. The molecule has 126 valence electrons.